The van der Waals surface area contributed by atoms with Crippen LogP contribution < -0.4 is 4.90 Å². The Balaban J connectivity index is 1.47. The number of fused-ring (bicyclic) bond motifs is 1. The third-order valence-electron chi connectivity index (χ3n) is 7.09. The van der Waals surface area contributed by atoms with E-state index in [-0.39, 0.29) is 0 Å². The van der Waals surface area contributed by atoms with Gasteiger partial charge in [-0.1, -0.05) is 60.7 Å². The zero-order valence-electron chi connectivity index (χ0n) is 20.9. The molecular formula is C34H27IN2. The summed E-state index contributed by atoms with van der Waals surface area (Å²) in [6.45, 7) is 4.43. The highest BCUT2D eigenvalue weighted by atomic mass is 127. The van der Waals surface area contributed by atoms with Crippen LogP contribution in [0.1, 0.15) is 11.3 Å². The minimum absolute atomic E-state index is 1.14. The Hall–Kier alpha value is -3.83. The van der Waals surface area contributed by atoms with Crippen molar-refractivity contribution in [1.82, 2.24) is 4.57 Å². The molecule has 0 amide bonds. The van der Waals surface area contributed by atoms with Crippen LogP contribution in [-0.4, -0.2) is 4.57 Å². The summed E-state index contributed by atoms with van der Waals surface area (Å²) in [7, 11) is 0. The molecular weight excluding hydrogens is 563 g/mol. The van der Waals surface area contributed by atoms with E-state index in [1.54, 1.807) is 0 Å². The largest absolute Gasteiger partial charge is 0.314 e. The number of nitrogens with zero attached hydrogens (tertiary/aromatic N) is 2. The molecule has 6 rings (SSSR count). The fourth-order valence-corrected chi connectivity index (χ4v) is 5.44. The van der Waals surface area contributed by atoms with Gasteiger partial charge in [-0.3, -0.25) is 0 Å². The van der Waals surface area contributed by atoms with E-state index in [0.717, 1.165) is 17.1 Å². The summed E-state index contributed by atoms with van der Waals surface area (Å²) in [5, 5.41) is 1.27. The highest BCUT2D eigenvalue weighted by molar-refractivity contribution is 14.1. The van der Waals surface area contributed by atoms with E-state index in [1.807, 2.05) is 0 Å². The normalized spacial score (nSPS) is 11.1. The molecule has 180 valence electrons. The van der Waals surface area contributed by atoms with E-state index in [2.05, 4.69) is 173 Å². The molecule has 0 unspecified atom stereocenters. The van der Waals surface area contributed by atoms with Crippen LogP contribution in [0.15, 0.2) is 127 Å². The van der Waals surface area contributed by atoms with Crippen molar-refractivity contribution in [3.63, 3.8) is 0 Å². The quantitative estimate of drug-likeness (QED) is 0.182. The first kappa shape index (κ1) is 23.6. The minimum Gasteiger partial charge on any atom is -0.314 e. The lowest BCUT2D eigenvalue weighted by Gasteiger charge is -2.26. The molecule has 0 aliphatic heterocycles. The first-order valence-electron chi connectivity index (χ1n) is 12.5. The van der Waals surface area contributed by atoms with Gasteiger partial charge in [0.25, 0.3) is 0 Å². The van der Waals surface area contributed by atoms with Crippen molar-refractivity contribution < 1.29 is 0 Å². The Morgan fingerprint density at radius 1 is 0.568 bits per heavy atom. The molecule has 0 aliphatic carbocycles. The third kappa shape index (κ3) is 4.44. The van der Waals surface area contributed by atoms with Crippen LogP contribution in [0, 0.1) is 17.4 Å². The lowest BCUT2D eigenvalue weighted by Crippen LogP contribution is -2.09. The van der Waals surface area contributed by atoms with Crippen molar-refractivity contribution in [3.8, 4) is 16.8 Å². The molecule has 0 radical (unpaired) electrons. The maximum absolute atomic E-state index is 2.36. The summed E-state index contributed by atoms with van der Waals surface area (Å²) in [5.74, 6) is 0. The van der Waals surface area contributed by atoms with E-state index < -0.39 is 0 Å². The number of para-hydroxylation sites is 2. The van der Waals surface area contributed by atoms with Crippen molar-refractivity contribution in [3.05, 3.63) is 142 Å². The van der Waals surface area contributed by atoms with E-state index in [0.29, 0.717) is 0 Å². The number of anilines is 3. The van der Waals surface area contributed by atoms with Crippen molar-refractivity contribution in [2.24, 2.45) is 0 Å². The van der Waals surface area contributed by atoms with Crippen LogP contribution in [0.4, 0.5) is 17.1 Å². The van der Waals surface area contributed by atoms with Gasteiger partial charge in [0.05, 0.1) is 5.52 Å². The zero-order chi connectivity index (χ0) is 25.4. The zero-order valence-corrected chi connectivity index (χ0v) is 23.1. The molecule has 0 N–H and O–H groups in total. The summed E-state index contributed by atoms with van der Waals surface area (Å²) in [6, 6.07) is 45.6. The molecule has 37 heavy (non-hydrogen) atoms. The number of hydrogen-bond donors (Lipinski definition) is 0. The van der Waals surface area contributed by atoms with Crippen LogP contribution in [0.3, 0.4) is 0 Å². The first-order chi connectivity index (χ1) is 18.1. The fraction of sp³-hybridized carbons (Fsp3) is 0.0588. The number of hydrogen-bond acceptors (Lipinski definition) is 1. The SMILES string of the molecule is Cc1c(C)n(-c2ccccc2)c2ccc(N(c3ccccc3)c3ccc(-c4ccc(I)cc4)cc3)cc12. The Bertz CT molecular complexity index is 1670. The molecule has 0 saturated carbocycles. The van der Waals surface area contributed by atoms with Crippen LogP contribution in [0.2, 0.25) is 0 Å². The van der Waals surface area contributed by atoms with E-state index in [9.17, 15) is 0 Å². The lowest BCUT2D eigenvalue weighted by atomic mass is 10.0. The average molecular weight is 591 g/mol. The molecule has 1 aromatic heterocycles. The highest BCUT2D eigenvalue weighted by Crippen LogP contribution is 2.39. The molecule has 0 bridgehead atoms. The molecule has 0 saturated heterocycles. The van der Waals surface area contributed by atoms with E-state index in [4.69, 9.17) is 0 Å². The van der Waals surface area contributed by atoms with Gasteiger partial charge in [0, 0.05) is 37.4 Å². The van der Waals surface area contributed by atoms with Gasteiger partial charge >= 0.3 is 0 Å². The molecule has 0 atom stereocenters. The van der Waals surface area contributed by atoms with Crippen molar-refractivity contribution >= 4 is 50.6 Å². The molecule has 0 spiro atoms. The Kier molecular flexibility index (Phi) is 6.31. The highest BCUT2D eigenvalue weighted by Gasteiger charge is 2.17. The maximum atomic E-state index is 2.36. The van der Waals surface area contributed by atoms with Gasteiger partial charge in [0.1, 0.15) is 0 Å². The summed E-state index contributed by atoms with van der Waals surface area (Å²) < 4.78 is 3.60. The number of aryl methyl sites for hydroxylation is 1. The van der Waals surface area contributed by atoms with Crippen LogP contribution >= 0.6 is 22.6 Å². The second-order valence-corrected chi connectivity index (χ2v) is 10.6. The smallest absolute Gasteiger partial charge is 0.0535 e. The molecule has 0 fully saturated rings. The first-order valence-corrected chi connectivity index (χ1v) is 13.6. The van der Waals surface area contributed by atoms with E-state index >= 15 is 0 Å². The second kappa shape index (κ2) is 9.91. The number of halogens is 1. The molecule has 2 nitrogen and oxygen atoms in total. The average Bonchev–Trinajstić information content (AvgIpc) is 3.20. The molecule has 0 aliphatic rings. The molecule has 1 heterocycles. The topological polar surface area (TPSA) is 8.17 Å². The Morgan fingerprint density at radius 3 is 1.76 bits per heavy atom. The van der Waals surface area contributed by atoms with E-state index in [1.165, 1.54) is 42.5 Å². The summed E-state index contributed by atoms with van der Waals surface area (Å²) in [5.41, 5.74) is 10.9. The molecule has 5 aromatic carbocycles. The van der Waals surface area contributed by atoms with Crippen LogP contribution in [0.5, 0.6) is 0 Å². The van der Waals surface area contributed by atoms with Gasteiger partial charge in [-0.2, -0.15) is 0 Å². The molecule has 6 aromatic rings. The van der Waals surface area contributed by atoms with Gasteiger partial charge < -0.3 is 9.47 Å². The Morgan fingerprint density at radius 2 is 1.11 bits per heavy atom. The standard InChI is InChI=1S/C34H27IN2/c1-24-25(2)36(29-9-5-3-6-10-29)34-22-21-32(23-33(24)34)37(30-11-7-4-8-12-30)31-19-15-27(16-20-31)26-13-17-28(35)18-14-26/h3-23H,1-2H3. The number of aromatic nitrogens is 1. The van der Waals surface area contributed by atoms with Gasteiger partial charge in [-0.15, -0.1) is 0 Å². The summed E-state index contributed by atoms with van der Waals surface area (Å²) >= 11 is 2.35. The Labute approximate surface area is 232 Å². The van der Waals surface area contributed by atoms with Gasteiger partial charge in [0.2, 0.25) is 0 Å². The summed E-state index contributed by atoms with van der Waals surface area (Å²) in [4.78, 5) is 2.34. The fourth-order valence-electron chi connectivity index (χ4n) is 5.08. The second-order valence-electron chi connectivity index (χ2n) is 9.31. The predicted molar refractivity (Wildman–Crippen MR) is 166 cm³/mol. The number of benzene rings is 5. The van der Waals surface area contributed by atoms with Gasteiger partial charge in [0.15, 0.2) is 0 Å². The number of rotatable bonds is 5. The van der Waals surface area contributed by atoms with Crippen LogP contribution in [-0.2, 0) is 0 Å². The van der Waals surface area contributed by atoms with Crippen molar-refractivity contribution in [1.29, 1.82) is 0 Å². The third-order valence-corrected chi connectivity index (χ3v) is 7.81. The van der Waals surface area contributed by atoms with Crippen LogP contribution in [0.25, 0.3) is 27.7 Å². The van der Waals surface area contributed by atoms with Crippen molar-refractivity contribution in [2.45, 2.75) is 13.8 Å². The van der Waals surface area contributed by atoms with Crippen molar-refractivity contribution in [2.75, 3.05) is 4.90 Å². The molecule has 3 heteroatoms. The monoisotopic (exact) mass is 590 g/mol. The lowest BCUT2D eigenvalue weighted by molar-refractivity contribution is 1.04. The summed E-state index contributed by atoms with van der Waals surface area (Å²) in [6.07, 6.45) is 0. The predicted octanol–water partition coefficient (Wildman–Crippen LogP) is 9.99. The van der Waals surface area contributed by atoms with Gasteiger partial charge in [-0.05, 0) is 120 Å². The van der Waals surface area contributed by atoms with Gasteiger partial charge in [-0.25, -0.2) is 0 Å². The minimum atomic E-state index is 1.14. The maximum Gasteiger partial charge on any atom is 0.0535 e.